The van der Waals surface area contributed by atoms with Gasteiger partial charge in [0, 0.05) is 95.1 Å². The maximum Gasteiger partial charge on any atom is 0.501 e. The van der Waals surface area contributed by atoms with E-state index in [1.165, 1.54) is 36.0 Å². The summed E-state index contributed by atoms with van der Waals surface area (Å²) in [5.41, 5.74) is -2.00. The molecular weight excluding hydrogens is 1070 g/mol. The summed E-state index contributed by atoms with van der Waals surface area (Å²) in [6.07, 6.45) is 3.71. The van der Waals surface area contributed by atoms with E-state index in [1.807, 2.05) is 65.8 Å². The van der Waals surface area contributed by atoms with Gasteiger partial charge >= 0.3 is 5.51 Å². The quantitative estimate of drug-likeness (QED) is 0.0628. The minimum atomic E-state index is -6.02. The fourth-order valence-electron chi connectivity index (χ4n) is 9.91. The first-order chi connectivity index (χ1) is 35.4. The van der Waals surface area contributed by atoms with Gasteiger partial charge in [-0.15, -0.1) is 11.8 Å². The number of benzene rings is 5. The molecule has 12 nitrogen and oxygen atoms in total. The highest BCUT2D eigenvalue weighted by Crippen LogP contribution is 2.45. The molecule has 1 atom stereocenters. The normalized spacial score (nSPS) is 15.9. The van der Waals surface area contributed by atoms with Crippen molar-refractivity contribution in [2.24, 2.45) is 5.92 Å². The largest absolute Gasteiger partial charge is 0.501 e. The van der Waals surface area contributed by atoms with Gasteiger partial charge in [-0.05, 0) is 155 Å². The molecule has 5 aromatic carbocycles. The maximum absolute atomic E-state index is 15.8. The number of anilines is 4. The summed E-state index contributed by atoms with van der Waals surface area (Å²) in [4.78, 5) is 5.54. The number of nitrogens with one attached hydrogen (secondary N) is 2. The second-order valence-corrected chi connectivity index (χ2v) is 26.7. The third-order valence-corrected chi connectivity index (χ3v) is 19.4. The highest BCUT2D eigenvalue weighted by atomic mass is 35.5. The molecule has 21 heteroatoms. The second-order valence-electron chi connectivity index (χ2n) is 19.6. The number of nitrogens with zero attached hydrogens (tertiary/aromatic N) is 4. The molecule has 1 aromatic heterocycles. The molecule has 0 unspecified atom stereocenters. The van der Waals surface area contributed by atoms with Crippen LogP contribution in [0.15, 0.2) is 135 Å². The molecule has 2 fully saturated rings. The maximum atomic E-state index is 15.8. The molecule has 2 N–H and O–H groups in total. The van der Waals surface area contributed by atoms with Crippen LogP contribution >= 0.6 is 23.4 Å². The second kappa shape index (κ2) is 22.8. The van der Waals surface area contributed by atoms with Gasteiger partial charge in [-0.3, -0.25) is 4.72 Å². The summed E-state index contributed by atoms with van der Waals surface area (Å²) in [5, 5.41) is 3.58. The Labute approximate surface area is 447 Å². The minimum Gasteiger partial charge on any atom is -0.380 e. The van der Waals surface area contributed by atoms with Gasteiger partial charge in [-0.1, -0.05) is 48.9 Å². The van der Waals surface area contributed by atoms with Crippen LogP contribution in [0.25, 0.3) is 22.4 Å². The number of thioether (sulfide) groups is 1. The van der Waals surface area contributed by atoms with Crippen molar-refractivity contribution in [3.8, 4) is 22.4 Å². The number of sulfonamides is 1. The van der Waals surface area contributed by atoms with Crippen molar-refractivity contribution in [3.05, 3.63) is 132 Å². The van der Waals surface area contributed by atoms with Gasteiger partial charge in [-0.2, -0.15) is 13.2 Å². The molecule has 0 amide bonds. The van der Waals surface area contributed by atoms with Crippen LogP contribution in [-0.4, -0.2) is 104 Å². The molecule has 2 aliphatic heterocycles. The number of aromatic nitrogens is 1. The molecule has 8 rings (SSSR count). The highest BCUT2D eigenvalue weighted by Gasteiger charge is 2.48. The lowest BCUT2D eigenvalue weighted by Gasteiger charge is -2.37. The van der Waals surface area contributed by atoms with Crippen molar-refractivity contribution in [2.75, 3.05) is 77.7 Å². The van der Waals surface area contributed by atoms with Crippen molar-refractivity contribution in [3.63, 3.8) is 0 Å². The van der Waals surface area contributed by atoms with Crippen molar-refractivity contribution in [1.29, 1.82) is 0 Å². The van der Waals surface area contributed by atoms with E-state index in [0.717, 1.165) is 60.5 Å². The lowest BCUT2D eigenvalue weighted by molar-refractivity contribution is -0.0435. The van der Waals surface area contributed by atoms with Crippen molar-refractivity contribution >= 4 is 75.8 Å². The predicted octanol–water partition coefficient (Wildman–Crippen LogP) is 12.0. The first-order valence-corrected chi connectivity index (χ1v) is 30.9. The molecule has 0 spiro atoms. The van der Waals surface area contributed by atoms with Crippen LogP contribution in [0.1, 0.15) is 51.8 Å². The fourth-order valence-corrected chi connectivity index (χ4v) is 14.4. The smallest absolute Gasteiger partial charge is 0.380 e. The Morgan fingerprint density at radius 3 is 1.99 bits per heavy atom. The molecule has 402 valence electrons. The van der Waals surface area contributed by atoms with E-state index in [2.05, 4.69) is 26.8 Å². The first-order valence-electron chi connectivity index (χ1n) is 24.7. The summed E-state index contributed by atoms with van der Waals surface area (Å²) >= 11 is 7.73. The minimum absolute atomic E-state index is 0.0881. The summed E-state index contributed by atoms with van der Waals surface area (Å²) in [7, 11) is -14.4. The monoisotopic (exact) mass is 1130 g/mol. The third kappa shape index (κ3) is 13.0. The number of alkyl halides is 3. The lowest BCUT2D eigenvalue weighted by atomic mass is 9.99. The highest BCUT2D eigenvalue weighted by molar-refractivity contribution is 7.99. The van der Waals surface area contributed by atoms with Crippen molar-refractivity contribution in [1.82, 2.24) is 9.47 Å². The van der Waals surface area contributed by atoms with Crippen molar-refractivity contribution in [2.45, 2.75) is 84.1 Å². The van der Waals surface area contributed by atoms with E-state index in [-0.39, 0.29) is 22.3 Å². The molecule has 2 aliphatic rings. The first kappa shape index (κ1) is 56.0. The van der Waals surface area contributed by atoms with Gasteiger partial charge in [-0.25, -0.2) is 29.6 Å². The molecule has 3 heterocycles. The number of sulfone groups is 2. The Hall–Kier alpha value is -5.25. The van der Waals surface area contributed by atoms with E-state index >= 15 is 4.39 Å². The van der Waals surface area contributed by atoms with Crippen LogP contribution in [0.2, 0.25) is 5.02 Å². The number of likely N-dealkylation sites (tertiary alicyclic amines) is 1. The van der Waals surface area contributed by atoms with E-state index in [9.17, 15) is 38.4 Å². The number of halogens is 5. The Bertz CT molecular complexity index is 3330. The average Bonchev–Trinajstić information content (AvgIpc) is 3.69. The molecule has 6 aromatic rings. The third-order valence-electron chi connectivity index (χ3n) is 13.8. The van der Waals surface area contributed by atoms with Crippen LogP contribution < -0.4 is 19.8 Å². The molecular formula is C54H61ClF4N6O6S4. The van der Waals surface area contributed by atoms with Crippen LogP contribution in [0.4, 0.5) is 40.3 Å². The molecule has 75 heavy (non-hydrogen) atoms. The molecule has 0 bridgehead atoms. The van der Waals surface area contributed by atoms with Gasteiger partial charge in [0.15, 0.2) is 9.84 Å². The van der Waals surface area contributed by atoms with Crippen LogP contribution in [0.3, 0.4) is 0 Å². The zero-order valence-corrected chi connectivity index (χ0v) is 46.3. The topological polar surface area (TPSA) is 141 Å². The average molecular weight is 1130 g/mol. The Kier molecular flexibility index (Phi) is 17.0. The molecule has 0 saturated carbocycles. The molecule has 0 radical (unpaired) electrons. The molecule has 2 saturated heterocycles. The summed E-state index contributed by atoms with van der Waals surface area (Å²) < 4.78 is 144. The SMILES string of the molecule is Cc1c(S(C)(=O)=O)c(-c2cc(F)cc(N3CCN(c4ccc(NS(=O)(=O)c5ccc(N[C@H](CCN6CCC(C)CC6)CSc6ccccc6)c(S(=O)(=O)C(F)(F)F)c5)cc4)CC3)c2)c(-c2ccc(Cl)cc2)n1C(C)C. The Morgan fingerprint density at radius 1 is 0.760 bits per heavy atom. The Balaban J connectivity index is 0.986. The summed E-state index contributed by atoms with van der Waals surface area (Å²) in [6.45, 7) is 12.1. The van der Waals surface area contributed by atoms with Crippen LogP contribution in [0.5, 0.6) is 0 Å². The summed E-state index contributed by atoms with van der Waals surface area (Å²) in [6, 6.07) is 29.6. The fraction of sp³-hybridized carbons (Fsp3) is 0.370. The van der Waals surface area contributed by atoms with Gasteiger partial charge in [0.1, 0.15) is 10.7 Å². The number of piperidine rings is 1. The standard InChI is InChI=1S/C54H61ClF4N6O6S4/c1-36(2)65-38(4)53(73(5,66)67)51(52(65)39-11-13-41(55)14-12-39)40-31-42(56)33-46(32-40)64-29-27-63(28-30-64)45-17-15-43(16-18-45)61-75(70,71)48-19-20-49(50(34-48)74(68,69)54(57,58)59)60-44(35-72-47-9-7-6-8-10-47)23-26-62-24-21-37(3)22-25-62/h6-20,31-34,36-37,44,60-61H,21-30,35H2,1-5H3/t44-/m1/s1. The van der Waals surface area contributed by atoms with E-state index in [4.69, 9.17) is 11.6 Å². The lowest BCUT2D eigenvalue weighted by Crippen LogP contribution is -2.46. The number of hydrogen-bond acceptors (Lipinski definition) is 11. The number of piperazine rings is 1. The van der Waals surface area contributed by atoms with Crippen molar-refractivity contribution < 1.29 is 42.8 Å². The van der Waals surface area contributed by atoms with Gasteiger partial charge in [0.2, 0.25) is 0 Å². The number of hydrogen-bond donors (Lipinski definition) is 2. The van der Waals surface area contributed by atoms with Gasteiger partial charge in [0.05, 0.1) is 21.2 Å². The van der Waals surface area contributed by atoms with E-state index < -0.39 is 56.9 Å². The van der Waals surface area contributed by atoms with E-state index in [1.54, 1.807) is 37.3 Å². The zero-order valence-electron chi connectivity index (χ0n) is 42.2. The number of rotatable bonds is 18. The van der Waals surface area contributed by atoms with Gasteiger partial charge in [0.25, 0.3) is 19.9 Å². The van der Waals surface area contributed by atoms with Gasteiger partial charge < -0.3 is 24.6 Å². The zero-order chi connectivity index (χ0) is 54.0. The molecule has 0 aliphatic carbocycles. The van der Waals surface area contributed by atoms with Crippen LogP contribution in [0, 0.1) is 18.7 Å². The van der Waals surface area contributed by atoms with Crippen LogP contribution in [-0.2, 0) is 29.7 Å². The predicted molar refractivity (Wildman–Crippen MR) is 294 cm³/mol. The Morgan fingerprint density at radius 2 is 1.39 bits per heavy atom. The van der Waals surface area contributed by atoms with E-state index in [0.29, 0.717) is 90.1 Å². The summed E-state index contributed by atoms with van der Waals surface area (Å²) in [5.74, 6) is 0.460.